The van der Waals surface area contributed by atoms with Gasteiger partial charge in [-0.3, -0.25) is 0 Å². The number of halogens is 2. The van der Waals surface area contributed by atoms with Crippen LogP contribution in [0.5, 0.6) is 0 Å². The molecule has 2 rings (SSSR count). The van der Waals surface area contributed by atoms with Gasteiger partial charge >= 0.3 is 0 Å². The molecule has 0 N–H and O–H groups in total. The van der Waals surface area contributed by atoms with E-state index in [9.17, 15) is 0 Å². The number of hydrogen-bond donors (Lipinski definition) is 0. The fraction of sp³-hybridized carbons (Fsp3) is 0.385. The van der Waals surface area contributed by atoms with E-state index in [2.05, 4.69) is 6.92 Å². The first-order valence-corrected chi connectivity index (χ1v) is 6.32. The van der Waals surface area contributed by atoms with E-state index in [0.717, 1.165) is 24.2 Å². The van der Waals surface area contributed by atoms with Crippen LogP contribution in [0.25, 0.3) is 0 Å². The summed E-state index contributed by atoms with van der Waals surface area (Å²) >= 11 is 12.0. The number of hydrogen-bond acceptors (Lipinski definition) is 2. The van der Waals surface area contributed by atoms with Gasteiger partial charge in [-0.05, 0) is 24.6 Å². The zero-order valence-corrected chi connectivity index (χ0v) is 11.3. The molecule has 0 spiro atoms. The predicted molar refractivity (Wildman–Crippen MR) is 69.0 cm³/mol. The second kappa shape index (κ2) is 4.79. The zero-order chi connectivity index (χ0) is 12.5. The Balaban J connectivity index is 2.23. The van der Waals surface area contributed by atoms with Crippen LogP contribution < -0.4 is 0 Å². The highest BCUT2D eigenvalue weighted by Crippen LogP contribution is 2.40. The van der Waals surface area contributed by atoms with Gasteiger partial charge in [0.1, 0.15) is 12.0 Å². The standard InChI is InChI=1S/C13H14Cl2O2/c1-3-4-10-8-16-13(2,17-10)11-6-5-9(14)7-12(11)15/h5-8H,3-4H2,1-2H3. The minimum Gasteiger partial charge on any atom is -0.453 e. The molecular weight excluding hydrogens is 259 g/mol. The van der Waals surface area contributed by atoms with Crippen LogP contribution in [0.15, 0.2) is 30.2 Å². The molecule has 92 valence electrons. The molecule has 0 aromatic heterocycles. The van der Waals surface area contributed by atoms with Crippen molar-refractivity contribution in [3.63, 3.8) is 0 Å². The highest BCUT2D eigenvalue weighted by atomic mass is 35.5. The number of benzene rings is 1. The molecule has 0 radical (unpaired) electrons. The molecule has 0 fully saturated rings. The first kappa shape index (κ1) is 12.6. The van der Waals surface area contributed by atoms with Crippen LogP contribution in [0, 0.1) is 0 Å². The van der Waals surface area contributed by atoms with Crippen molar-refractivity contribution in [2.75, 3.05) is 0 Å². The van der Waals surface area contributed by atoms with Crippen molar-refractivity contribution in [1.82, 2.24) is 0 Å². The third kappa shape index (κ3) is 2.53. The predicted octanol–water partition coefficient (Wildman–Crippen LogP) is 4.85. The van der Waals surface area contributed by atoms with Gasteiger partial charge in [0.25, 0.3) is 5.79 Å². The molecule has 1 aromatic rings. The maximum atomic E-state index is 6.16. The molecule has 4 heteroatoms. The lowest BCUT2D eigenvalue weighted by Gasteiger charge is -2.25. The highest BCUT2D eigenvalue weighted by Gasteiger charge is 2.37. The van der Waals surface area contributed by atoms with Crippen LogP contribution in [0.2, 0.25) is 10.0 Å². The molecule has 0 saturated heterocycles. The van der Waals surface area contributed by atoms with Crippen LogP contribution in [0.4, 0.5) is 0 Å². The first-order chi connectivity index (χ1) is 8.05. The quantitative estimate of drug-likeness (QED) is 0.783. The van der Waals surface area contributed by atoms with E-state index in [1.54, 1.807) is 18.4 Å². The van der Waals surface area contributed by atoms with Crippen molar-refractivity contribution in [2.24, 2.45) is 0 Å². The van der Waals surface area contributed by atoms with Crippen LogP contribution in [-0.2, 0) is 15.3 Å². The van der Waals surface area contributed by atoms with E-state index in [-0.39, 0.29) is 0 Å². The van der Waals surface area contributed by atoms with Crippen LogP contribution in [-0.4, -0.2) is 0 Å². The van der Waals surface area contributed by atoms with Gasteiger partial charge in [0.05, 0.1) is 10.6 Å². The lowest BCUT2D eigenvalue weighted by molar-refractivity contribution is -0.141. The average Bonchev–Trinajstić information content (AvgIpc) is 2.61. The van der Waals surface area contributed by atoms with Gasteiger partial charge in [-0.2, -0.15) is 0 Å². The summed E-state index contributed by atoms with van der Waals surface area (Å²) in [5.41, 5.74) is 0.783. The van der Waals surface area contributed by atoms with Gasteiger partial charge in [-0.25, -0.2) is 0 Å². The minimum absolute atomic E-state index is 0.547. The van der Waals surface area contributed by atoms with Crippen molar-refractivity contribution in [3.8, 4) is 0 Å². The summed E-state index contributed by atoms with van der Waals surface area (Å²) in [6, 6.07) is 5.29. The second-order valence-electron chi connectivity index (χ2n) is 4.12. The van der Waals surface area contributed by atoms with Gasteiger partial charge in [0, 0.05) is 18.4 Å². The molecular formula is C13H14Cl2O2. The van der Waals surface area contributed by atoms with Gasteiger partial charge in [-0.1, -0.05) is 30.1 Å². The first-order valence-electron chi connectivity index (χ1n) is 5.56. The average molecular weight is 273 g/mol. The Morgan fingerprint density at radius 3 is 2.71 bits per heavy atom. The fourth-order valence-corrected chi connectivity index (χ4v) is 2.39. The molecule has 1 aromatic carbocycles. The van der Waals surface area contributed by atoms with Crippen molar-refractivity contribution >= 4 is 23.2 Å². The van der Waals surface area contributed by atoms with Crippen LogP contribution >= 0.6 is 23.2 Å². The van der Waals surface area contributed by atoms with Crippen molar-refractivity contribution in [1.29, 1.82) is 0 Å². The number of allylic oxidation sites excluding steroid dienone is 1. The van der Waals surface area contributed by atoms with Crippen molar-refractivity contribution in [2.45, 2.75) is 32.5 Å². The second-order valence-corrected chi connectivity index (χ2v) is 4.97. The lowest BCUT2D eigenvalue weighted by atomic mass is 10.1. The van der Waals surface area contributed by atoms with Gasteiger partial charge in [-0.15, -0.1) is 0 Å². The lowest BCUT2D eigenvalue weighted by Crippen LogP contribution is -2.23. The smallest absolute Gasteiger partial charge is 0.275 e. The van der Waals surface area contributed by atoms with E-state index in [4.69, 9.17) is 32.7 Å². The molecule has 2 nitrogen and oxygen atoms in total. The third-order valence-electron chi connectivity index (χ3n) is 2.66. The molecule has 1 aliphatic heterocycles. The Bertz CT molecular complexity index is 457. The highest BCUT2D eigenvalue weighted by molar-refractivity contribution is 6.35. The SMILES string of the molecule is CCCC1=COC(C)(c2ccc(Cl)cc2Cl)O1. The van der Waals surface area contributed by atoms with E-state index in [1.165, 1.54) is 0 Å². The fourth-order valence-electron chi connectivity index (χ4n) is 1.81. The summed E-state index contributed by atoms with van der Waals surface area (Å²) < 4.78 is 11.4. The summed E-state index contributed by atoms with van der Waals surface area (Å²) in [4.78, 5) is 0. The monoisotopic (exact) mass is 272 g/mol. The van der Waals surface area contributed by atoms with Gasteiger partial charge < -0.3 is 9.47 Å². The van der Waals surface area contributed by atoms with Crippen LogP contribution in [0.1, 0.15) is 32.3 Å². The maximum absolute atomic E-state index is 6.16. The van der Waals surface area contributed by atoms with Gasteiger partial charge in [0.2, 0.25) is 0 Å². The summed E-state index contributed by atoms with van der Waals surface area (Å²) in [5.74, 6) is 0.00707. The van der Waals surface area contributed by atoms with Crippen LogP contribution in [0.3, 0.4) is 0 Å². The van der Waals surface area contributed by atoms with E-state index in [1.807, 2.05) is 13.0 Å². The molecule has 1 heterocycles. The van der Waals surface area contributed by atoms with E-state index >= 15 is 0 Å². The van der Waals surface area contributed by atoms with Gasteiger partial charge in [0.15, 0.2) is 0 Å². The Hall–Kier alpha value is -0.860. The summed E-state index contributed by atoms with van der Waals surface area (Å²) in [6.07, 6.45) is 3.54. The molecule has 0 aliphatic carbocycles. The van der Waals surface area contributed by atoms with E-state index in [0.29, 0.717) is 10.0 Å². The molecule has 17 heavy (non-hydrogen) atoms. The maximum Gasteiger partial charge on any atom is 0.275 e. The summed E-state index contributed by atoms with van der Waals surface area (Å²) in [7, 11) is 0. The topological polar surface area (TPSA) is 18.5 Å². The number of rotatable bonds is 3. The summed E-state index contributed by atoms with van der Waals surface area (Å²) in [5, 5.41) is 1.15. The molecule has 0 amide bonds. The number of ether oxygens (including phenoxy) is 2. The largest absolute Gasteiger partial charge is 0.453 e. The van der Waals surface area contributed by atoms with E-state index < -0.39 is 5.79 Å². The Labute approximate surface area is 111 Å². The molecule has 0 bridgehead atoms. The molecule has 1 unspecified atom stereocenters. The normalized spacial score (nSPS) is 22.9. The zero-order valence-electron chi connectivity index (χ0n) is 9.80. The Morgan fingerprint density at radius 1 is 1.29 bits per heavy atom. The molecule has 1 atom stereocenters. The third-order valence-corrected chi connectivity index (χ3v) is 3.21. The Kier molecular flexibility index (Phi) is 3.55. The van der Waals surface area contributed by atoms with Crippen molar-refractivity contribution in [3.05, 3.63) is 45.8 Å². The Morgan fingerprint density at radius 2 is 2.06 bits per heavy atom. The molecule has 0 saturated carbocycles. The van der Waals surface area contributed by atoms with Crippen molar-refractivity contribution < 1.29 is 9.47 Å². The summed E-state index contributed by atoms with van der Waals surface area (Å²) in [6.45, 7) is 3.94. The molecule has 1 aliphatic rings. The minimum atomic E-state index is -0.841.